The highest BCUT2D eigenvalue weighted by molar-refractivity contribution is 5.78. The van der Waals surface area contributed by atoms with E-state index in [9.17, 15) is 4.79 Å². The highest BCUT2D eigenvalue weighted by atomic mass is 16.5. The van der Waals surface area contributed by atoms with E-state index in [2.05, 4.69) is 5.32 Å². The number of cyclic esters (lactones) is 1. The van der Waals surface area contributed by atoms with Gasteiger partial charge in [0.15, 0.2) is 0 Å². The van der Waals surface area contributed by atoms with E-state index in [0.717, 1.165) is 5.56 Å². The normalized spacial score (nSPS) is 31.1. The Hall–Kier alpha value is -1.35. The van der Waals surface area contributed by atoms with Crippen LogP contribution in [-0.4, -0.2) is 18.1 Å². The van der Waals surface area contributed by atoms with E-state index in [-0.39, 0.29) is 24.2 Å². The average molecular weight is 205 g/mol. The van der Waals surface area contributed by atoms with Gasteiger partial charge >= 0.3 is 5.97 Å². The summed E-state index contributed by atoms with van der Waals surface area (Å²) in [6.07, 6.45) is -0.0579. The zero-order chi connectivity index (χ0) is 10.8. The van der Waals surface area contributed by atoms with Gasteiger partial charge in [0.1, 0.15) is 12.1 Å². The van der Waals surface area contributed by atoms with Crippen molar-refractivity contribution in [2.24, 2.45) is 0 Å². The van der Waals surface area contributed by atoms with Crippen LogP contribution in [0.3, 0.4) is 0 Å². The Kier molecular flexibility index (Phi) is 2.73. The molecular formula is C12H15NO2. The molecule has 0 aliphatic carbocycles. The molecule has 2 rings (SSSR count). The Morgan fingerprint density at radius 1 is 1.20 bits per heavy atom. The van der Waals surface area contributed by atoms with Gasteiger partial charge in [0.25, 0.3) is 0 Å². The number of rotatable bonds is 1. The maximum atomic E-state index is 11.7. The molecule has 3 atom stereocenters. The smallest absolute Gasteiger partial charge is 0.328 e. The molecule has 15 heavy (non-hydrogen) atoms. The average Bonchev–Trinajstić information content (AvgIpc) is 2.25. The first-order chi connectivity index (χ1) is 7.18. The summed E-state index contributed by atoms with van der Waals surface area (Å²) in [4.78, 5) is 11.7. The lowest BCUT2D eigenvalue weighted by Crippen LogP contribution is -2.49. The van der Waals surface area contributed by atoms with Gasteiger partial charge in [-0.15, -0.1) is 0 Å². The van der Waals surface area contributed by atoms with Crippen LogP contribution < -0.4 is 5.32 Å². The number of carbonyl (C=O) groups is 1. The maximum absolute atomic E-state index is 11.7. The van der Waals surface area contributed by atoms with Gasteiger partial charge in [-0.25, -0.2) is 4.79 Å². The minimum Gasteiger partial charge on any atom is -0.460 e. The van der Waals surface area contributed by atoms with E-state index in [1.165, 1.54) is 0 Å². The van der Waals surface area contributed by atoms with Gasteiger partial charge in [-0.1, -0.05) is 30.3 Å². The summed E-state index contributed by atoms with van der Waals surface area (Å²) in [5.74, 6) is -0.188. The predicted octanol–water partition coefficient (Wildman–Crippen LogP) is 1.65. The lowest BCUT2D eigenvalue weighted by molar-refractivity contribution is -0.158. The molecule has 1 N–H and O–H groups in total. The van der Waals surface area contributed by atoms with E-state index in [0.29, 0.717) is 0 Å². The number of hydrogen-bond donors (Lipinski definition) is 1. The number of hydrogen-bond acceptors (Lipinski definition) is 3. The molecule has 0 bridgehead atoms. The SMILES string of the molecule is C[C@@H]1N[C@@H](c2ccccc2)C(=O)O[C@@H]1C. The molecule has 1 aromatic carbocycles. The molecule has 1 fully saturated rings. The van der Waals surface area contributed by atoms with E-state index in [1.807, 2.05) is 44.2 Å². The van der Waals surface area contributed by atoms with Crippen LogP contribution in [-0.2, 0) is 9.53 Å². The largest absolute Gasteiger partial charge is 0.460 e. The molecule has 1 saturated heterocycles. The monoisotopic (exact) mass is 205 g/mol. The zero-order valence-electron chi connectivity index (χ0n) is 8.94. The summed E-state index contributed by atoms with van der Waals surface area (Å²) in [5.41, 5.74) is 0.959. The van der Waals surface area contributed by atoms with Crippen molar-refractivity contribution in [3.8, 4) is 0 Å². The quantitative estimate of drug-likeness (QED) is 0.708. The third-order valence-electron chi connectivity index (χ3n) is 2.80. The standard InChI is InChI=1S/C12H15NO2/c1-8-9(2)15-12(14)11(13-8)10-6-4-3-5-7-10/h3-9,11,13H,1-2H3/t8-,9+,11-/m0/s1. The molecule has 0 aromatic heterocycles. The van der Waals surface area contributed by atoms with Gasteiger partial charge in [-0.3, -0.25) is 5.32 Å². The molecule has 1 heterocycles. The van der Waals surface area contributed by atoms with Crippen LogP contribution in [0.25, 0.3) is 0 Å². The molecule has 3 heteroatoms. The summed E-state index contributed by atoms with van der Waals surface area (Å²) in [7, 11) is 0. The van der Waals surface area contributed by atoms with Crippen LogP contribution >= 0.6 is 0 Å². The first-order valence-corrected chi connectivity index (χ1v) is 5.20. The molecule has 80 valence electrons. The molecular weight excluding hydrogens is 190 g/mol. The summed E-state index contributed by atoms with van der Waals surface area (Å²) >= 11 is 0. The number of benzene rings is 1. The lowest BCUT2D eigenvalue weighted by atomic mass is 10.0. The summed E-state index contributed by atoms with van der Waals surface area (Å²) in [6, 6.07) is 9.51. The van der Waals surface area contributed by atoms with Crippen LogP contribution in [0, 0.1) is 0 Å². The molecule has 0 spiro atoms. The molecule has 0 radical (unpaired) electrons. The van der Waals surface area contributed by atoms with Crippen LogP contribution in [0.2, 0.25) is 0 Å². The Morgan fingerprint density at radius 2 is 1.87 bits per heavy atom. The minimum atomic E-state index is -0.322. The Morgan fingerprint density at radius 3 is 2.53 bits per heavy atom. The molecule has 0 saturated carbocycles. The second-order valence-corrected chi connectivity index (χ2v) is 3.94. The minimum absolute atomic E-state index is 0.0579. The topological polar surface area (TPSA) is 38.3 Å². The van der Waals surface area contributed by atoms with Gasteiger partial charge in [-0.2, -0.15) is 0 Å². The van der Waals surface area contributed by atoms with Crippen molar-refractivity contribution in [2.75, 3.05) is 0 Å². The molecule has 1 aliphatic rings. The van der Waals surface area contributed by atoms with Crippen molar-refractivity contribution in [3.05, 3.63) is 35.9 Å². The predicted molar refractivity (Wildman–Crippen MR) is 57.3 cm³/mol. The number of carbonyl (C=O) groups excluding carboxylic acids is 1. The van der Waals surface area contributed by atoms with Crippen LogP contribution in [0.1, 0.15) is 25.5 Å². The second kappa shape index (κ2) is 4.03. The molecule has 0 unspecified atom stereocenters. The Bertz CT molecular complexity index is 350. The highest BCUT2D eigenvalue weighted by Gasteiger charge is 2.32. The van der Waals surface area contributed by atoms with Gasteiger partial charge < -0.3 is 4.74 Å². The van der Waals surface area contributed by atoms with E-state index in [4.69, 9.17) is 4.74 Å². The van der Waals surface area contributed by atoms with Gasteiger partial charge in [0.05, 0.1) is 0 Å². The Labute approximate surface area is 89.4 Å². The summed E-state index contributed by atoms with van der Waals surface area (Å²) < 4.78 is 5.26. The number of esters is 1. The van der Waals surface area contributed by atoms with Crippen molar-refractivity contribution in [3.63, 3.8) is 0 Å². The fourth-order valence-electron chi connectivity index (χ4n) is 1.70. The third kappa shape index (κ3) is 2.02. The number of nitrogens with one attached hydrogen (secondary N) is 1. The van der Waals surface area contributed by atoms with Crippen molar-refractivity contribution in [2.45, 2.75) is 32.0 Å². The second-order valence-electron chi connectivity index (χ2n) is 3.94. The van der Waals surface area contributed by atoms with E-state index < -0.39 is 0 Å². The highest BCUT2D eigenvalue weighted by Crippen LogP contribution is 2.21. The Balaban J connectivity index is 2.20. The number of ether oxygens (including phenoxy) is 1. The first-order valence-electron chi connectivity index (χ1n) is 5.20. The fourth-order valence-corrected chi connectivity index (χ4v) is 1.70. The van der Waals surface area contributed by atoms with Crippen LogP contribution in [0.5, 0.6) is 0 Å². The van der Waals surface area contributed by atoms with Crippen LogP contribution in [0.15, 0.2) is 30.3 Å². The summed E-state index contributed by atoms with van der Waals surface area (Å²) in [5, 5.41) is 3.26. The van der Waals surface area contributed by atoms with Gasteiger partial charge in [0.2, 0.25) is 0 Å². The van der Waals surface area contributed by atoms with Crippen molar-refractivity contribution < 1.29 is 9.53 Å². The molecule has 0 amide bonds. The lowest BCUT2D eigenvalue weighted by Gasteiger charge is -2.32. The van der Waals surface area contributed by atoms with Crippen LogP contribution in [0.4, 0.5) is 0 Å². The van der Waals surface area contributed by atoms with Gasteiger partial charge in [-0.05, 0) is 19.4 Å². The third-order valence-corrected chi connectivity index (χ3v) is 2.80. The first kappa shape index (κ1) is 10.2. The van der Waals surface area contributed by atoms with Crippen molar-refractivity contribution >= 4 is 5.97 Å². The zero-order valence-corrected chi connectivity index (χ0v) is 8.94. The fraction of sp³-hybridized carbons (Fsp3) is 0.417. The van der Waals surface area contributed by atoms with E-state index in [1.54, 1.807) is 0 Å². The summed E-state index contributed by atoms with van der Waals surface area (Å²) in [6.45, 7) is 3.92. The molecule has 1 aliphatic heterocycles. The molecule has 1 aromatic rings. The number of morpholine rings is 1. The van der Waals surface area contributed by atoms with Crippen molar-refractivity contribution in [1.82, 2.24) is 5.32 Å². The van der Waals surface area contributed by atoms with Gasteiger partial charge in [0, 0.05) is 6.04 Å². The maximum Gasteiger partial charge on any atom is 0.328 e. The van der Waals surface area contributed by atoms with Crippen molar-refractivity contribution in [1.29, 1.82) is 0 Å². The van der Waals surface area contributed by atoms with E-state index >= 15 is 0 Å². The molecule has 3 nitrogen and oxygen atoms in total.